The fourth-order valence-electron chi connectivity index (χ4n) is 1.20. The molecule has 0 atom stereocenters. The molecule has 0 fully saturated rings. The van der Waals surface area contributed by atoms with Gasteiger partial charge in [-0.3, -0.25) is 0 Å². The standard InChI is InChI=1S/C15H16O/c1-4-5-8-13-9-6-7-10-14(13)11-12-15(2,3)16/h6-7,9-10,16H,8H2,1-3H3. The van der Waals surface area contributed by atoms with Crippen molar-refractivity contribution in [2.24, 2.45) is 0 Å². The van der Waals surface area contributed by atoms with Crippen molar-refractivity contribution >= 4 is 0 Å². The molecule has 0 bridgehead atoms. The van der Waals surface area contributed by atoms with Crippen LogP contribution < -0.4 is 0 Å². The van der Waals surface area contributed by atoms with Gasteiger partial charge in [-0.25, -0.2) is 0 Å². The van der Waals surface area contributed by atoms with Crippen LogP contribution in [0.15, 0.2) is 24.3 Å². The molecule has 1 aromatic carbocycles. The van der Waals surface area contributed by atoms with E-state index in [4.69, 9.17) is 0 Å². The smallest absolute Gasteiger partial charge is 0.120 e. The molecule has 0 spiro atoms. The molecule has 0 aliphatic carbocycles. The van der Waals surface area contributed by atoms with E-state index >= 15 is 0 Å². The van der Waals surface area contributed by atoms with Crippen LogP contribution in [0.5, 0.6) is 0 Å². The SMILES string of the molecule is CC#CCc1ccccc1C#CC(C)(C)O. The monoisotopic (exact) mass is 212 g/mol. The van der Waals surface area contributed by atoms with Gasteiger partial charge in [-0.2, -0.15) is 0 Å². The van der Waals surface area contributed by atoms with Crippen LogP contribution in [0.2, 0.25) is 0 Å². The van der Waals surface area contributed by atoms with Crippen molar-refractivity contribution in [3.8, 4) is 23.7 Å². The van der Waals surface area contributed by atoms with Crippen LogP contribution in [-0.2, 0) is 6.42 Å². The van der Waals surface area contributed by atoms with Crippen molar-refractivity contribution in [1.82, 2.24) is 0 Å². The summed E-state index contributed by atoms with van der Waals surface area (Å²) >= 11 is 0. The molecule has 0 aliphatic rings. The molecule has 82 valence electrons. The Balaban J connectivity index is 3.01. The van der Waals surface area contributed by atoms with Crippen LogP contribution in [0, 0.1) is 23.7 Å². The van der Waals surface area contributed by atoms with E-state index in [0.717, 1.165) is 11.1 Å². The number of hydrogen-bond donors (Lipinski definition) is 1. The highest BCUT2D eigenvalue weighted by atomic mass is 16.3. The van der Waals surface area contributed by atoms with Gasteiger partial charge in [-0.15, -0.1) is 5.92 Å². The van der Waals surface area contributed by atoms with E-state index in [1.54, 1.807) is 13.8 Å². The van der Waals surface area contributed by atoms with Gasteiger partial charge in [-0.1, -0.05) is 36.0 Å². The predicted molar refractivity (Wildman–Crippen MR) is 66.8 cm³/mol. The minimum atomic E-state index is -0.955. The molecule has 0 unspecified atom stereocenters. The third-order valence-corrected chi connectivity index (χ3v) is 1.98. The maximum absolute atomic E-state index is 9.54. The van der Waals surface area contributed by atoms with Crippen LogP contribution >= 0.6 is 0 Å². The molecule has 0 aliphatic heterocycles. The lowest BCUT2D eigenvalue weighted by Crippen LogP contribution is -2.14. The van der Waals surface area contributed by atoms with E-state index in [0.29, 0.717) is 6.42 Å². The summed E-state index contributed by atoms with van der Waals surface area (Å²) in [6.07, 6.45) is 0.702. The van der Waals surface area contributed by atoms with Gasteiger partial charge in [0.15, 0.2) is 0 Å². The first-order valence-electron chi connectivity index (χ1n) is 5.26. The molecule has 1 N–H and O–H groups in total. The Bertz CT molecular complexity index is 470. The lowest BCUT2D eigenvalue weighted by Gasteiger charge is -2.06. The largest absolute Gasteiger partial charge is 0.378 e. The highest BCUT2D eigenvalue weighted by Crippen LogP contribution is 2.08. The number of rotatable bonds is 1. The third-order valence-electron chi connectivity index (χ3n) is 1.98. The number of aliphatic hydroxyl groups is 1. The summed E-state index contributed by atoms with van der Waals surface area (Å²) in [5.41, 5.74) is 1.09. The number of hydrogen-bond acceptors (Lipinski definition) is 1. The van der Waals surface area contributed by atoms with Gasteiger partial charge in [0.1, 0.15) is 5.60 Å². The molecule has 0 heterocycles. The van der Waals surface area contributed by atoms with Crippen molar-refractivity contribution in [2.45, 2.75) is 32.8 Å². The summed E-state index contributed by atoms with van der Waals surface area (Å²) in [4.78, 5) is 0. The van der Waals surface area contributed by atoms with Gasteiger partial charge in [0.05, 0.1) is 0 Å². The Morgan fingerprint density at radius 1 is 1.25 bits per heavy atom. The van der Waals surface area contributed by atoms with Gasteiger partial charge in [0.2, 0.25) is 0 Å². The Kier molecular flexibility index (Phi) is 4.18. The first-order valence-corrected chi connectivity index (χ1v) is 5.26. The van der Waals surface area contributed by atoms with E-state index in [1.807, 2.05) is 31.2 Å². The molecule has 16 heavy (non-hydrogen) atoms. The normalized spacial score (nSPS) is 9.75. The summed E-state index contributed by atoms with van der Waals surface area (Å²) in [6, 6.07) is 7.88. The summed E-state index contributed by atoms with van der Waals surface area (Å²) in [5.74, 6) is 11.7. The molecule has 1 heteroatoms. The zero-order chi connectivity index (χ0) is 12.0. The predicted octanol–water partition coefficient (Wildman–Crippen LogP) is 2.37. The van der Waals surface area contributed by atoms with E-state index < -0.39 is 5.60 Å². The topological polar surface area (TPSA) is 20.2 Å². The summed E-state index contributed by atoms with van der Waals surface area (Å²) in [7, 11) is 0. The first kappa shape index (κ1) is 12.4. The molecule has 1 nitrogen and oxygen atoms in total. The van der Waals surface area contributed by atoms with Crippen LogP contribution in [0.25, 0.3) is 0 Å². The second-order valence-electron chi connectivity index (χ2n) is 4.07. The van der Waals surface area contributed by atoms with Crippen molar-refractivity contribution in [3.63, 3.8) is 0 Å². The van der Waals surface area contributed by atoms with Crippen LogP contribution in [0.3, 0.4) is 0 Å². The fourth-order valence-corrected chi connectivity index (χ4v) is 1.20. The van der Waals surface area contributed by atoms with Crippen LogP contribution in [0.4, 0.5) is 0 Å². The van der Waals surface area contributed by atoms with Gasteiger partial charge in [-0.05, 0) is 32.4 Å². The van der Waals surface area contributed by atoms with E-state index in [1.165, 1.54) is 0 Å². The van der Waals surface area contributed by atoms with Crippen molar-refractivity contribution < 1.29 is 5.11 Å². The zero-order valence-electron chi connectivity index (χ0n) is 9.96. The molecular weight excluding hydrogens is 196 g/mol. The third kappa shape index (κ3) is 4.22. The van der Waals surface area contributed by atoms with Crippen molar-refractivity contribution in [3.05, 3.63) is 35.4 Å². The lowest BCUT2D eigenvalue weighted by atomic mass is 10.0. The first-order chi connectivity index (χ1) is 7.53. The Labute approximate surface area is 97.5 Å². The molecule has 0 amide bonds. The average molecular weight is 212 g/mol. The molecule has 0 radical (unpaired) electrons. The highest BCUT2D eigenvalue weighted by molar-refractivity contribution is 5.43. The van der Waals surface area contributed by atoms with Crippen molar-refractivity contribution in [1.29, 1.82) is 0 Å². The van der Waals surface area contributed by atoms with E-state index in [-0.39, 0.29) is 0 Å². The minimum Gasteiger partial charge on any atom is -0.378 e. The van der Waals surface area contributed by atoms with Crippen molar-refractivity contribution in [2.75, 3.05) is 0 Å². The Morgan fingerprint density at radius 2 is 1.94 bits per heavy atom. The molecule has 1 aromatic rings. The second-order valence-corrected chi connectivity index (χ2v) is 4.07. The molecule has 0 aromatic heterocycles. The van der Waals surface area contributed by atoms with Gasteiger partial charge in [0, 0.05) is 12.0 Å². The van der Waals surface area contributed by atoms with Crippen LogP contribution in [0.1, 0.15) is 31.9 Å². The Morgan fingerprint density at radius 3 is 2.56 bits per heavy atom. The van der Waals surface area contributed by atoms with Gasteiger partial charge < -0.3 is 5.11 Å². The zero-order valence-corrected chi connectivity index (χ0v) is 9.96. The fraction of sp³-hybridized carbons (Fsp3) is 0.333. The summed E-state index contributed by atoms with van der Waals surface area (Å²) < 4.78 is 0. The maximum atomic E-state index is 9.54. The minimum absolute atomic E-state index is 0.702. The highest BCUT2D eigenvalue weighted by Gasteiger charge is 2.06. The molecule has 0 saturated carbocycles. The quantitative estimate of drug-likeness (QED) is 0.709. The number of benzene rings is 1. The molecule has 0 saturated heterocycles. The van der Waals surface area contributed by atoms with Crippen LogP contribution in [-0.4, -0.2) is 10.7 Å². The average Bonchev–Trinajstić information content (AvgIpc) is 2.23. The Hall–Kier alpha value is -1.70. The maximum Gasteiger partial charge on any atom is 0.120 e. The van der Waals surface area contributed by atoms with Gasteiger partial charge in [0.25, 0.3) is 0 Å². The summed E-state index contributed by atoms with van der Waals surface area (Å²) in [5, 5.41) is 9.54. The van der Waals surface area contributed by atoms with E-state index in [9.17, 15) is 5.11 Å². The lowest BCUT2D eigenvalue weighted by molar-refractivity contribution is 0.143. The van der Waals surface area contributed by atoms with Gasteiger partial charge >= 0.3 is 0 Å². The van der Waals surface area contributed by atoms with E-state index in [2.05, 4.69) is 23.7 Å². The molecular formula is C15H16O. The second kappa shape index (κ2) is 5.40. The summed E-state index contributed by atoms with van der Waals surface area (Å²) in [6.45, 7) is 5.17. The molecule has 1 rings (SSSR count).